The van der Waals surface area contributed by atoms with Crippen molar-refractivity contribution in [1.29, 1.82) is 0 Å². The Morgan fingerprint density at radius 2 is 2.17 bits per heavy atom. The molecular formula is C14H20N2O2. The van der Waals surface area contributed by atoms with Gasteiger partial charge in [0.1, 0.15) is 12.1 Å². The van der Waals surface area contributed by atoms with Gasteiger partial charge >= 0.3 is 0 Å². The number of rotatable bonds is 4. The number of nitrogens with one attached hydrogen (secondary N) is 1. The van der Waals surface area contributed by atoms with Gasteiger partial charge in [-0.3, -0.25) is 9.59 Å². The molecule has 0 spiro atoms. The van der Waals surface area contributed by atoms with E-state index in [1.807, 2.05) is 6.92 Å². The normalized spacial score (nSPS) is 29.7. The molecule has 2 aliphatic rings. The average molecular weight is 248 g/mol. The molecule has 0 aromatic heterocycles. The first-order valence-corrected chi connectivity index (χ1v) is 6.68. The Labute approximate surface area is 108 Å². The molecule has 3 unspecified atom stereocenters. The summed E-state index contributed by atoms with van der Waals surface area (Å²) < 4.78 is 0. The third-order valence-corrected chi connectivity index (χ3v) is 3.80. The van der Waals surface area contributed by atoms with Crippen LogP contribution in [0.25, 0.3) is 0 Å². The van der Waals surface area contributed by atoms with Gasteiger partial charge in [-0.25, -0.2) is 0 Å². The van der Waals surface area contributed by atoms with E-state index in [0.29, 0.717) is 5.92 Å². The molecule has 2 rings (SSSR count). The molecule has 1 N–H and O–H groups in total. The van der Waals surface area contributed by atoms with Gasteiger partial charge in [-0.15, -0.1) is 6.42 Å². The molecule has 0 radical (unpaired) electrons. The Hall–Kier alpha value is -1.50. The van der Waals surface area contributed by atoms with Crippen LogP contribution < -0.4 is 5.32 Å². The lowest BCUT2D eigenvalue weighted by molar-refractivity contribution is -0.150. The van der Waals surface area contributed by atoms with Gasteiger partial charge in [0.05, 0.1) is 6.04 Å². The highest BCUT2D eigenvalue weighted by Gasteiger charge is 2.47. The van der Waals surface area contributed by atoms with Crippen LogP contribution in [0.3, 0.4) is 0 Å². The van der Waals surface area contributed by atoms with E-state index in [0.717, 1.165) is 25.7 Å². The number of piperazine rings is 1. The van der Waals surface area contributed by atoms with Crippen molar-refractivity contribution in [3.8, 4) is 12.3 Å². The molecule has 1 saturated carbocycles. The first-order valence-electron chi connectivity index (χ1n) is 6.68. The second-order valence-electron chi connectivity index (χ2n) is 5.22. The van der Waals surface area contributed by atoms with Gasteiger partial charge in [0.15, 0.2) is 0 Å². The summed E-state index contributed by atoms with van der Waals surface area (Å²) in [6.07, 6.45) is 9.21. The van der Waals surface area contributed by atoms with Gasteiger partial charge in [-0.2, -0.15) is 0 Å². The van der Waals surface area contributed by atoms with Gasteiger partial charge in [0.2, 0.25) is 11.8 Å². The largest absolute Gasteiger partial charge is 0.342 e. The summed E-state index contributed by atoms with van der Waals surface area (Å²) in [5.74, 6) is 2.90. The summed E-state index contributed by atoms with van der Waals surface area (Å²) in [7, 11) is 0. The van der Waals surface area contributed by atoms with Crippen molar-refractivity contribution < 1.29 is 9.59 Å². The van der Waals surface area contributed by atoms with Crippen molar-refractivity contribution in [2.75, 3.05) is 0 Å². The number of carbonyl (C=O) groups excluding carboxylic acids is 2. The standard InChI is InChI=1S/C14H20N2O2/c1-4-6-11(5-2)16-9(3)13(17)15-12(14(16)18)10-7-8-10/h2,9-12H,4,6-8H2,1,3H3,(H,15,17). The molecule has 1 saturated heterocycles. The Bertz CT molecular complexity index is 395. The van der Waals surface area contributed by atoms with Crippen molar-refractivity contribution >= 4 is 11.8 Å². The molecule has 0 bridgehead atoms. The third-order valence-electron chi connectivity index (χ3n) is 3.80. The quantitative estimate of drug-likeness (QED) is 0.752. The Balaban J connectivity index is 2.21. The van der Waals surface area contributed by atoms with E-state index in [4.69, 9.17) is 6.42 Å². The van der Waals surface area contributed by atoms with Crippen molar-refractivity contribution in [3.63, 3.8) is 0 Å². The zero-order valence-corrected chi connectivity index (χ0v) is 11.0. The van der Waals surface area contributed by atoms with Gasteiger partial charge in [-0.1, -0.05) is 19.3 Å². The lowest BCUT2D eigenvalue weighted by Crippen LogP contribution is -2.65. The van der Waals surface area contributed by atoms with E-state index in [2.05, 4.69) is 11.2 Å². The second-order valence-corrected chi connectivity index (χ2v) is 5.22. The van der Waals surface area contributed by atoms with E-state index in [-0.39, 0.29) is 23.9 Å². The zero-order chi connectivity index (χ0) is 13.3. The molecule has 18 heavy (non-hydrogen) atoms. The van der Waals surface area contributed by atoms with Crippen LogP contribution >= 0.6 is 0 Å². The highest BCUT2D eigenvalue weighted by atomic mass is 16.2. The number of hydrogen-bond donors (Lipinski definition) is 1. The van der Waals surface area contributed by atoms with Crippen molar-refractivity contribution in [2.45, 2.75) is 57.7 Å². The summed E-state index contributed by atoms with van der Waals surface area (Å²) in [5.41, 5.74) is 0. The maximum absolute atomic E-state index is 12.5. The Morgan fingerprint density at radius 3 is 2.67 bits per heavy atom. The van der Waals surface area contributed by atoms with Crippen LogP contribution in [0.4, 0.5) is 0 Å². The van der Waals surface area contributed by atoms with E-state index in [9.17, 15) is 9.59 Å². The number of terminal acetylenes is 1. The SMILES string of the molecule is C#CC(CCC)N1C(=O)C(C2CC2)NC(=O)C1C. The second kappa shape index (κ2) is 5.01. The van der Waals surface area contributed by atoms with Gasteiger partial charge in [0.25, 0.3) is 0 Å². The molecule has 98 valence electrons. The van der Waals surface area contributed by atoms with E-state index in [1.54, 1.807) is 11.8 Å². The minimum atomic E-state index is -0.458. The first-order chi connectivity index (χ1) is 8.60. The van der Waals surface area contributed by atoms with E-state index >= 15 is 0 Å². The molecule has 3 atom stereocenters. The van der Waals surface area contributed by atoms with E-state index < -0.39 is 6.04 Å². The van der Waals surface area contributed by atoms with Crippen molar-refractivity contribution in [1.82, 2.24) is 10.2 Å². The Morgan fingerprint density at radius 1 is 1.50 bits per heavy atom. The fourth-order valence-corrected chi connectivity index (χ4v) is 2.56. The molecule has 2 amide bonds. The molecule has 2 fully saturated rings. The molecular weight excluding hydrogens is 228 g/mol. The predicted molar refractivity (Wildman–Crippen MR) is 68.5 cm³/mol. The minimum absolute atomic E-state index is 0.000926. The molecule has 1 aliphatic heterocycles. The smallest absolute Gasteiger partial charge is 0.247 e. The van der Waals surface area contributed by atoms with Crippen LogP contribution in [0, 0.1) is 18.3 Å². The van der Waals surface area contributed by atoms with Gasteiger partial charge in [0, 0.05) is 0 Å². The van der Waals surface area contributed by atoms with Crippen molar-refractivity contribution in [3.05, 3.63) is 0 Å². The average Bonchev–Trinajstić information content (AvgIpc) is 3.17. The molecule has 1 heterocycles. The summed E-state index contributed by atoms with van der Waals surface area (Å²) in [6.45, 7) is 3.78. The topological polar surface area (TPSA) is 49.4 Å². The predicted octanol–water partition coefficient (Wildman–Crippen LogP) is 0.914. The molecule has 1 aliphatic carbocycles. The van der Waals surface area contributed by atoms with Crippen LogP contribution in [0.1, 0.15) is 39.5 Å². The van der Waals surface area contributed by atoms with Crippen LogP contribution in [0.2, 0.25) is 0 Å². The minimum Gasteiger partial charge on any atom is -0.342 e. The summed E-state index contributed by atoms with van der Waals surface area (Å²) in [5, 5.41) is 2.83. The lowest BCUT2D eigenvalue weighted by Gasteiger charge is -2.40. The first kappa shape index (κ1) is 12.9. The fraction of sp³-hybridized carbons (Fsp3) is 0.714. The number of nitrogens with zero attached hydrogens (tertiary/aromatic N) is 1. The fourth-order valence-electron chi connectivity index (χ4n) is 2.56. The molecule has 4 heteroatoms. The summed E-state index contributed by atoms with van der Waals surface area (Å²) in [4.78, 5) is 26.0. The molecule has 0 aromatic rings. The van der Waals surface area contributed by atoms with Crippen LogP contribution in [-0.2, 0) is 9.59 Å². The van der Waals surface area contributed by atoms with Crippen LogP contribution in [0.15, 0.2) is 0 Å². The van der Waals surface area contributed by atoms with Gasteiger partial charge in [-0.05, 0) is 32.1 Å². The Kier molecular flexibility index (Phi) is 3.60. The summed E-state index contributed by atoms with van der Waals surface area (Å²) in [6, 6.07) is -1.06. The number of hydrogen-bond acceptors (Lipinski definition) is 2. The highest BCUT2D eigenvalue weighted by Crippen LogP contribution is 2.35. The molecule has 4 nitrogen and oxygen atoms in total. The monoisotopic (exact) mass is 248 g/mol. The highest BCUT2D eigenvalue weighted by molar-refractivity contribution is 5.97. The number of amides is 2. The zero-order valence-electron chi connectivity index (χ0n) is 11.0. The lowest BCUT2D eigenvalue weighted by atomic mass is 10.00. The summed E-state index contributed by atoms with van der Waals surface area (Å²) >= 11 is 0. The number of carbonyl (C=O) groups is 2. The van der Waals surface area contributed by atoms with Crippen LogP contribution in [-0.4, -0.2) is 34.8 Å². The molecule has 0 aromatic carbocycles. The maximum Gasteiger partial charge on any atom is 0.247 e. The van der Waals surface area contributed by atoms with Crippen LogP contribution in [0.5, 0.6) is 0 Å². The van der Waals surface area contributed by atoms with Crippen molar-refractivity contribution in [2.24, 2.45) is 5.92 Å². The third kappa shape index (κ3) is 2.22. The maximum atomic E-state index is 12.5. The van der Waals surface area contributed by atoms with Gasteiger partial charge < -0.3 is 10.2 Å². The van der Waals surface area contributed by atoms with E-state index in [1.165, 1.54) is 0 Å².